The number of likely N-dealkylation sites (N-methyl/N-ethyl adjacent to an activating group) is 1. The van der Waals surface area contributed by atoms with Gasteiger partial charge < -0.3 is 5.32 Å². The van der Waals surface area contributed by atoms with Gasteiger partial charge in [0.1, 0.15) is 0 Å². The molecule has 108 valence electrons. The molecule has 0 fully saturated rings. The minimum absolute atomic E-state index is 0.117. The zero-order chi connectivity index (χ0) is 14.8. The van der Waals surface area contributed by atoms with Crippen molar-refractivity contribution in [1.82, 2.24) is 5.32 Å². The summed E-state index contributed by atoms with van der Waals surface area (Å²) in [7, 11) is 1.86. The molecule has 1 nitrogen and oxygen atoms in total. The molecule has 1 aromatic carbocycles. The maximum Gasteiger partial charge on any atom is 0.416 e. The van der Waals surface area contributed by atoms with Crippen LogP contribution in [0.25, 0.3) is 0 Å². The molecule has 1 aromatic heterocycles. The molecular formula is C14H13F3INS. The van der Waals surface area contributed by atoms with Crippen molar-refractivity contribution < 1.29 is 13.2 Å². The van der Waals surface area contributed by atoms with Crippen molar-refractivity contribution in [2.75, 3.05) is 7.05 Å². The summed E-state index contributed by atoms with van der Waals surface area (Å²) in [6.45, 7) is 0. The molecule has 0 saturated carbocycles. The molecule has 0 aliphatic carbocycles. The third-order valence-corrected chi connectivity index (χ3v) is 4.87. The highest BCUT2D eigenvalue weighted by Gasteiger charge is 2.30. The van der Waals surface area contributed by atoms with Crippen molar-refractivity contribution in [3.8, 4) is 0 Å². The van der Waals surface area contributed by atoms with Crippen molar-refractivity contribution in [2.45, 2.75) is 18.6 Å². The predicted molar refractivity (Wildman–Crippen MR) is 84.0 cm³/mol. The van der Waals surface area contributed by atoms with E-state index in [1.165, 1.54) is 8.45 Å². The monoisotopic (exact) mass is 411 g/mol. The van der Waals surface area contributed by atoms with Crippen molar-refractivity contribution in [2.24, 2.45) is 0 Å². The van der Waals surface area contributed by atoms with Gasteiger partial charge in [-0.25, -0.2) is 0 Å². The minimum atomic E-state index is -4.27. The summed E-state index contributed by atoms with van der Waals surface area (Å²) in [4.78, 5) is 0. The first kappa shape index (κ1) is 15.8. The average molecular weight is 411 g/mol. The van der Waals surface area contributed by atoms with Gasteiger partial charge in [0.2, 0.25) is 0 Å². The van der Waals surface area contributed by atoms with E-state index in [9.17, 15) is 13.2 Å². The summed E-state index contributed by atoms with van der Waals surface area (Å²) in [5.41, 5.74) is 1.45. The lowest BCUT2D eigenvalue weighted by Gasteiger charge is -2.15. The Morgan fingerprint density at radius 1 is 1.25 bits per heavy atom. The van der Waals surface area contributed by atoms with E-state index in [1.54, 1.807) is 23.5 Å². The second-order valence-corrected chi connectivity index (χ2v) is 7.23. The molecule has 0 aliphatic heterocycles. The van der Waals surface area contributed by atoms with E-state index in [2.05, 4.69) is 39.4 Å². The number of alkyl halides is 3. The number of benzene rings is 1. The van der Waals surface area contributed by atoms with Crippen LogP contribution in [0.5, 0.6) is 0 Å². The predicted octanol–water partition coefficient (Wildman–Crippen LogP) is 4.87. The van der Waals surface area contributed by atoms with Crippen LogP contribution in [-0.4, -0.2) is 7.05 Å². The minimum Gasteiger partial charge on any atom is -0.313 e. The third-order valence-electron chi connectivity index (χ3n) is 3.06. The molecule has 0 radical (unpaired) electrons. The molecule has 1 heterocycles. The smallest absolute Gasteiger partial charge is 0.313 e. The fraction of sp³-hybridized carbons (Fsp3) is 0.286. The second-order valence-electron chi connectivity index (χ2n) is 4.42. The number of hydrogen-bond acceptors (Lipinski definition) is 2. The molecule has 0 saturated heterocycles. The van der Waals surface area contributed by atoms with Crippen molar-refractivity contribution in [3.63, 3.8) is 0 Å². The maximum absolute atomic E-state index is 12.5. The van der Waals surface area contributed by atoms with Crippen LogP contribution in [0.4, 0.5) is 13.2 Å². The van der Waals surface area contributed by atoms with Crippen LogP contribution in [0.1, 0.15) is 22.7 Å². The largest absolute Gasteiger partial charge is 0.416 e. The van der Waals surface area contributed by atoms with E-state index in [1.807, 2.05) is 7.05 Å². The first-order valence-electron chi connectivity index (χ1n) is 5.97. The molecule has 1 atom stereocenters. The summed E-state index contributed by atoms with van der Waals surface area (Å²) in [5.74, 6) is 0. The Morgan fingerprint density at radius 2 is 1.90 bits per heavy atom. The molecule has 2 rings (SSSR count). The van der Waals surface area contributed by atoms with Gasteiger partial charge in [-0.2, -0.15) is 13.2 Å². The molecule has 0 spiro atoms. The number of thiophene rings is 1. The van der Waals surface area contributed by atoms with Gasteiger partial charge in [0.15, 0.2) is 0 Å². The molecule has 2 aromatic rings. The Kier molecular flexibility index (Phi) is 5.09. The summed E-state index contributed by atoms with van der Waals surface area (Å²) in [5, 5.41) is 5.28. The Hall–Kier alpha value is -0.600. The molecular weight excluding hydrogens is 398 g/mol. The SMILES string of the molecule is CNC(Cc1ccc(C(F)(F)F)cc1)c1csc(I)c1. The number of hydrogen-bond donors (Lipinski definition) is 1. The topological polar surface area (TPSA) is 12.0 Å². The average Bonchev–Trinajstić information content (AvgIpc) is 2.82. The van der Waals surface area contributed by atoms with Gasteiger partial charge in [-0.05, 0) is 70.8 Å². The quantitative estimate of drug-likeness (QED) is 0.708. The van der Waals surface area contributed by atoms with Gasteiger partial charge in [-0.1, -0.05) is 12.1 Å². The number of halogens is 4. The van der Waals surface area contributed by atoms with E-state index < -0.39 is 11.7 Å². The Bertz CT molecular complexity index is 563. The second kappa shape index (κ2) is 6.44. The van der Waals surface area contributed by atoms with E-state index in [0.717, 1.165) is 17.7 Å². The van der Waals surface area contributed by atoms with E-state index >= 15 is 0 Å². The highest BCUT2D eigenvalue weighted by molar-refractivity contribution is 14.1. The highest BCUT2D eigenvalue weighted by atomic mass is 127. The Morgan fingerprint density at radius 3 is 2.35 bits per heavy atom. The van der Waals surface area contributed by atoms with Crippen molar-refractivity contribution >= 4 is 33.9 Å². The normalized spacial score (nSPS) is 13.4. The molecule has 1 N–H and O–H groups in total. The Labute approximate surface area is 133 Å². The lowest BCUT2D eigenvalue weighted by molar-refractivity contribution is -0.137. The first-order valence-corrected chi connectivity index (χ1v) is 7.93. The molecule has 6 heteroatoms. The van der Waals surface area contributed by atoms with Crippen LogP contribution < -0.4 is 5.32 Å². The lowest BCUT2D eigenvalue weighted by Crippen LogP contribution is -2.18. The van der Waals surface area contributed by atoms with Gasteiger partial charge in [-0.15, -0.1) is 11.3 Å². The lowest BCUT2D eigenvalue weighted by atomic mass is 10.0. The molecule has 20 heavy (non-hydrogen) atoms. The fourth-order valence-electron chi connectivity index (χ4n) is 1.96. The zero-order valence-corrected chi connectivity index (χ0v) is 13.6. The van der Waals surface area contributed by atoms with Gasteiger partial charge in [0.05, 0.1) is 8.45 Å². The van der Waals surface area contributed by atoms with Crippen LogP contribution in [0.3, 0.4) is 0 Å². The van der Waals surface area contributed by atoms with Gasteiger partial charge in [-0.3, -0.25) is 0 Å². The van der Waals surface area contributed by atoms with Crippen LogP contribution >= 0.6 is 33.9 Å². The first-order chi connectivity index (χ1) is 9.40. The van der Waals surface area contributed by atoms with Crippen LogP contribution in [0, 0.1) is 2.88 Å². The van der Waals surface area contributed by atoms with Crippen molar-refractivity contribution in [1.29, 1.82) is 0 Å². The zero-order valence-electron chi connectivity index (χ0n) is 10.7. The highest BCUT2D eigenvalue weighted by Crippen LogP contribution is 2.30. The molecule has 0 bridgehead atoms. The van der Waals surface area contributed by atoms with E-state index in [4.69, 9.17) is 0 Å². The number of nitrogens with one attached hydrogen (secondary N) is 1. The Balaban J connectivity index is 2.12. The summed E-state index contributed by atoms with van der Waals surface area (Å²) < 4.78 is 38.7. The van der Waals surface area contributed by atoms with E-state index in [0.29, 0.717) is 6.42 Å². The van der Waals surface area contributed by atoms with Gasteiger partial charge in [0, 0.05) is 6.04 Å². The summed E-state index contributed by atoms with van der Waals surface area (Å²) in [6.07, 6.45) is -3.61. The maximum atomic E-state index is 12.5. The van der Waals surface area contributed by atoms with Crippen LogP contribution in [0.15, 0.2) is 35.7 Å². The molecule has 1 unspecified atom stereocenters. The van der Waals surface area contributed by atoms with Crippen LogP contribution in [0.2, 0.25) is 0 Å². The van der Waals surface area contributed by atoms with Crippen LogP contribution in [-0.2, 0) is 12.6 Å². The summed E-state index contributed by atoms with van der Waals surface area (Å²) >= 11 is 3.92. The summed E-state index contributed by atoms with van der Waals surface area (Å²) in [6, 6.07) is 7.58. The third kappa shape index (κ3) is 3.95. The molecule has 0 amide bonds. The molecule has 0 aliphatic rings. The van der Waals surface area contributed by atoms with Gasteiger partial charge in [0.25, 0.3) is 0 Å². The fourth-order valence-corrected chi connectivity index (χ4v) is 3.38. The van der Waals surface area contributed by atoms with Gasteiger partial charge >= 0.3 is 6.18 Å². The number of rotatable bonds is 4. The van der Waals surface area contributed by atoms with E-state index in [-0.39, 0.29) is 6.04 Å². The van der Waals surface area contributed by atoms with Crippen molar-refractivity contribution in [3.05, 3.63) is 55.3 Å². The standard InChI is InChI=1S/C14H13F3INS/c1-19-12(10-7-13(18)20-8-10)6-9-2-4-11(5-3-9)14(15,16)17/h2-5,7-8,12,19H,6H2,1H3.